The van der Waals surface area contributed by atoms with Crippen LogP contribution in [0, 0.1) is 0 Å². The maximum atomic E-state index is 11.3. The molecule has 1 saturated heterocycles. The first-order valence-electron chi connectivity index (χ1n) is 6.56. The summed E-state index contributed by atoms with van der Waals surface area (Å²) in [4.78, 5) is 11.3. The molecule has 4 heteroatoms. The zero-order valence-electron chi connectivity index (χ0n) is 11.6. The SMILES string of the molecule is CC(=O)N[C@H]1C[C@H](c2ccc(Cl)cc2)SC(C)(C)C1. The first kappa shape index (κ1) is 14.7. The number of nitrogens with one attached hydrogen (secondary N) is 1. The van der Waals surface area contributed by atoms with E-state index in [2.05, 4.69) is 31.3 Å². The minimum atomic E-state index is 0.0579. The third-order valence-electron chi connectivity index (χ3n) is 3.35. The summed E-state index contributed by atoms with van der Waals surface area (Å²) in [6, 6.07) is 8.31. The van der Waals surface area contributed by atoms with E-state index in [4.69, 9.17) is 11.6 Å². The summed E-state index contributed by atoms with van der Waals surface area (Å²) in [6.07, 6.45) is 2.00. The largest absolute Gasteiger partial charge is 0.354 e. The Kier molecular flexibility index (Phi) is 4.46. The van der Waals surface area contributed by atoms with E-state index in [1.54, 1.807) is 6.92 Å². The van der Waals surface area contributed by atoms with Crippen molar-refractivity contribution in [2.45, 2.75) is 49.7 Å². The number of hydrogen-bond donors (Lipinski definition) is 1. The van der Waals surface area contributed by atoms with Crippen LogP contribution in [0.2, 0.25) is 5.02 Å². The third kappa shape index (κ3) is 4.15. The van der Waals surface area contributed by atoms with Crippen LogP contribution in [-0.4, -0.2) is 16.7 Å². The minimum absolute atomic E-state index is 0.0579. The van der Waals surface area contributed by atoms with Crippen molar-refractivity contribution in [3.05, 3.63) is 34.9 Å². The molecule has 1 aliphatic heterocycles. The number of rotatable bonds is 2. The summed E-state index contributed by atoms with van der Waals surface area (Å²) < 4.78 is 0.176. The van der Waals surface area contributed by atoms with Crippen LogP contribution in [0.3, 0.4) is 0 Å². The van der Waals surface area contributed by atoms with E-state index >= 15 is 0 Å². The van der Waals surface area contributed by atoms with Gasteiger partial charge in [0.2, 0.25) is 5.91 Å². The van der Waals surface area contributed by atoms with Gasteiger partial charge in [-0.2, -0.15) is 0 Å². The Morgan fingerprint density at radius 2 is 2.00 bits per heavy atom. The van der Waals surface area contributed by atoms with Gasteiger partial charge in [0.05, 0.1) is 0 Å². The Balaban J connectivity index is 2.15. The second-order valence-electron chi connectivity index (χ2n) is 5.76. The number of thioether (sulfide) groups is 1. The summed E-state index contributed by atoms with van der Waals surface area (Å²) in [6.45, 7) is 6.08. The normalized spacial score (nSPS) is 25.9. The van der Waals surface area contributed by atoms with Crippen molar-refractivity contribution in [2.24, 2.45) is 0 Å². The molecular weight excluding hydrogens is 278 g/mol. The highest BCUT2D eigenvalue weighted by molar-refractivity contribution is 8.00. The number of halogens is 1. The maximum absolute atomic E-state index is 11.3. The molecule has 0 unspecified atom stereocenters. The molecule has 0 saturated carbocycles. The highest BCUT2D eigenvalue weighted by atomic mass is 35.5. The van der Waals surface area contributed by atoms with Crippen molar-refractivity contribution in [3.63, 3.8) is 0 Å². The molecule has 1 aliphatic rings. The quantitative estimate of drug-likeness (QED) is 0.887. The molecule has 2 rings (SSSR count). The summed E-state index contributed by atoms with van der Waals surface area (Å²) >= 11 is 7.92. The average Bonchev–Trinajstić information content (AvgIpc) is 2.26. The Hall–Kier alpha value is -0.670. The molecule has 1 N–H and O–H groups in total. The molecule has 104 valence electrons. The number of hydrogen-bond acceptors (Lipinski definition) is 2. The number of benzene rings is 1. The minimum Gasteiger partial charge on any atom is -0.354 e. The molecule has 0 aliphatic carbocycles. The number of amides is 1. The first-order chi connectivity index (χ1) is 8.85. The van der Waals surface area contributed by atoms with E-state index in [-0.39, 0.29) is 16.7 Å². The molecule has 1 amide bonds. The second-order valence-corrected chi connectivity index (χ2v) is 8.10. The van der Waals surface area contributed by atoms with Crippen LogP contribution in [0.1, 0.15) is 44.4 Å². The van der Waals surface area contributed by atoms with Crippen molar-refractivity contribution in [1.29, 1.82) is 0 Å². The second kappa shape index (κ2) is 5.76. The Morgan fingerprint density at radius 1 is 1.37 bits per heavy atom. The standard InChI is InChI=1S/C15H20ClNOS/c1-10(18)17-13-8-14(19-15(2,3)9-13)11-4-6-12(16)7-5-11/h4-7,13-14H,8-9H2,1-3H3,(H,17,18)/t13-,14+/m0/s1. The molecule has 0 bridgehead atoms. The Morgan fingerprint density at radius 3 is 2.58 bits per heavy atom. The van der Waals surface area contributed by atoms with Crippen molar-refractivity contribution < 1.29 is 4.79 Å². The highest BCUT2D eigenvalue weighted by Crippen LogP contribution is 2.48. The Labute approximate surface area is 124 Å². The van der Waals surface area contributed by atoms with Gasteiger partial charge in [-0.1, -0.05) is 37.6 Å². The van der Waals surface area contributed by atoms with E-state index in [0.717, 1.165) is 17.9 Å². The van der Waals surface area contributed by atoms with Crippen LogP contribution < -0.4 is 5.32 Å². The molecule has 1 aromatic carbocycles. The van der Waals surface area contributed by atoms with E-state index in [9.17, 15) is 4.79 Å². The number of carbonyl (C=O) groups is 1. The summed E-state index contributed by atoms with van der Waals surface area (Å²) in [5.41, 5.74) is 1.29. The van der Waals surface area contributed by atoms with E-state index in [1.165, 1.54) is 5.56 Å². The fourth-order valence-corrected chi connectivity index (χ4v) is 4.51. The van der Waals surface area contributed by atoms with Crippen molar-refractivity contribution >= 4 is 29.3 Å². The van der Waals surface area contributed by atoms with Crippen LogP contribution in [0.4, 0.5) is 0 Å². The van der Waals surface area contributed by atoms with Gasteiger partial charge in [0.15, 0.2) is 0 Å². The van der Waals surface area contributed by atoms with Crippen molar-refractivity contribution in [1.82, 2.24) is 5.32 Å². The molecule has 19 heavy (non-hydrogen) atoms. The third-order valence-corrected chi connectivity index (χ3v) is 5.15. The predicted molar refractivity (Wildman–Crippen MR) is 82.7 cm³/mol. The van der Waals surface area contributed by atoms with Crippen molar-refractivity contribution in [2.75, 3.05) is 0 Å². The molecule has 0 radical (unpaired) electrons. The van der Waals surface area contributed by atoms with Gasteiger partial charge in [-0.15, -0.1) is 11.8 Å². The number of carbonyl (C=O) groups excluding carboxylic acids is 1. The van der Waals surface area contributed by atoms with Crippen LogP contribution >= 0.6 is 23.4 Å². The zero-order valence-corrected chi connectivity index (χ0v) is 13.1. The lowest BCUT2D eigenvalue weighted by atomic mass is 9.95. The molecule has 2 atom stereocenters. The molecule has 1 heterocycles. The van der Waals surface area contributed by atoms with Gasteiger partial charge < -0.3 is 5.32 Å². The van der Waals surface area contributed by atoms with E-state index < -0.39 is 0 Å². The van der Waals surface area contributed by atoms with Gasteiger partial charge in [0, 0.05) is 28.0 Å². The van der Waals surface area contributed by atoms with E-state index in [1.807, 2.05) is 23.9 Å². The predicted octanol–water partition coefficient (Wildman–Crippen LogP) is 4.19. The van der Waals surface area contributed by atoms with E-state index in [0.29, 0.717) is 5.25 Å². The fourth-order valence-electron chi connectivity index (χ4n) is 2.70. The lowest BCUT2D eigenvalue weighted by Crippen LogP contribution is -2.42. The van der Waals surface area contributed by atoms with Gasteiger partial charge in [-0.05, 0) is 30.5 Å². The fraction of sp³-hybridized carbons (Fsp3) is 0.533. The maximum Gasteiger partial charge on any atom is 0.217 e. The smallest absolute Gasteiger partial charge is 0.217 e. The molecular formula is C15H20ClNOS. The lowest BCUT2D eigenvalue weighted by Gasteiger charge is -2.40. The lowest BCUT2D eigenvalue weighted by molar-refractivity contribution is -0.119. The van der Waals surface area contributed by atoms with Crippen LogP contribution in [0.15, 0.2) is 24.3 Å². The summed E-state index contributed by atoms with van der Waals surface area (Å²) in [5, 5.41) is 4.25. The molecule has 0 spiro atoms. The highest BCUT2D eigenvalue weighted by Gasteiger charge is 2.35. The summed E-state index contributed by atoms with van der Waals surface area (Å²) in [7, 11) is 0. The van der Waals surface area contributed by atoms with Crippen LogP contribution in [-0.2, 0) is 4.79 Å². The topological polar surface area (TPSA) is 29.1 Å². The van der Waals surface area contributed by atoms with Gasteiger partial charge >= 0.3 is 0 Å². The molecule has 1 fully saturated rings. The van der Waals surface area contributed by atoms with Gasteiger partial charge in [-0.3, -0.25) is 4.79 Å². The Bertz CT molecular complexity index is 458. The van der Waals surface area contributed by atoms with Gasteiger partial charge in [-0.25, -0.2) is 0 Å². The monoisotopic (exact) mass is 297 g/mol. The molecule has 0 aromatic heterocycles. The molecule has 1 aromatic rings. The van der Waals surface area contributed by atoms with Crippen LogP contribution in [0.25, 0.3) is 0 Å². The van der Waals surface area contributed by atoms with Gasteiger partial charge in [0.25, 0.3) is 0 Å². The van der Waals surface area contributed by atoms with Gasteiger partial charge in [0.1, 0.15) is 0 Å². The first-order valence-corrected chi connectivity index (χ1v) is 7.82. The zero-order chi connectivity index (χ0) is 14.0. The van der Waals surface area contributed by atoms with Crippen LogP contribution in [0.5, 0.6) is 0 Å². The molecule has 2 nitrogen and oxygen atoms in total. The van der Waals surface area contributed by atoms with Crippen molar-refractivity contribution in [3.8, 4) is 0 Å². The average molecular weight is 298 g/mol. The summed E-state index contributed by atoms with van der Waals surface area (Å²) in [5.74, 6) is 0.0579.